The Morgan fingerprint density at radius 2 is 1.64 bits per heavy atom. The van der Waals surface area contributed by atoms with Crippen molar-refractivity contribution in [2.45, 2.75) is 19.8 Å². The molecule has 0 saturated heterocycles. The molecule has 0 aliphatic rings. The molecular formula is C6H13O7P. The predicted octanol–water partition coefficient (Wildman–Crippen LogP) is -1.05. The first kappa shape index (κ1) is 15.9. The summed E-state index contributed by atoms with van der Waals surface area (Å²) in [6.45, 7) is 5.59. The lowest BCUT2D eigenvalue weighted by Gasteiger charge is -2.15. The van der Waals surface area contributed by atoms with E-state index in [0.717, 1.165) is 6.92 Å². The average molecular weight is 228 g/mol. The van der Waals surface area contributed by atoms with Crippen LogP contribution in [0, 0.1) is 0 Å². The molecule has 0 heterocycles. The van der Waals surface area contributed by atoms with Crippen molar-refractivity contribution in [3.8, 4) is 0 Å². The Kier molecular flexibility index (Phi) is 7.75. The van der Waals surface area contributed by atoms with Crippen LogP contribution in [0.25, 0.3) is 0 Å². The molecule has 0 amide bonds. The maximum absolute atomic E-state index is 10.5. The highest BCUT2D eigenvalue weighted by Gasteiger charge is 2.20. The van der Waals surface area contributed by atoms with Crippen LogP contribution in [-0.4, -0.2) is 36.8 Å². The van der Waals surface area contributed by atoms with Gasteiger partial charge in [0, 0.05) is 12.5 Å². The number of rotatable bonds is 2. The molecule has 0 atom stereocenters. The Hall–Kier alpha value is -0.560. The number of esters is 1. The van der Waals surface area contributed by atoms with Crippen LogP contribution in [0.2, 0.25) is 0 Å². The highest BCUT2D eigenvalue weighted by Crippen LogP contribution is 2.11. The van der Waals surface area contributed by atoms with Gasteiger partial charge < -0.3 is 29.6 Å². The zero-order valence-corrected chi connectivity index (χ0v) is 8.60. The molecule has 0 aromatic heterocycles. The molecule has 0 aliphatic carbocycles. The van der Waals surface area contributed by atoms with Gasteiger partial charge in [-0.15, -0.1) is 0 Å². The maximum Gasteiger partial charge on any atom is 0.337 e. The van der Waals surface area contributed by atoms with E-state index in [1.807, 2.05) is 0 Å². The summed E-state index contributed by atoms with van der Waals surface area (Å²) in [5.41, 5.74) is 0.120. The molecule has 0 rings (SSSR count). The Morgan fingerprint density at radius 3 is 1.71 bits per heavy atom. The van der Waals surface area contributed by atoms with Crippen LogP contribution in [0.5, 0.6) is 0 Å². The molecule has 0 spiro atoms. The van der Waals surface area contributed by atoms with Crippen LogP contribution < -0.4 is 0 Å². The molecular weight excluding hydrogens is 215 g/mol. The lowest BCUT2D eigenvalue weighted by molar-refractivity contribution is -0.304. The van der Waals surface area contributed by atoms with Crippen molar-refractivity contribution < 1.29 is 34.4 Å². The van der Waals surface area contributed by atoms with Gasteiger partial charge in [-0.2, -0.15) is 0 Å². The summed E-state index contributed by atoms with van der Waals surface area (Å²) in [6, 6.07) is 0. The van der Waals surface area contributed by atoms with Crippen molar-refractivity contribution in [1.29, 1.82) is 0 Å². The van der Waals surface area contributed by atoms with Crippen molar-refractivity contribution in [2.75, 3.05) is 0 Å². The van der Waals surface area contributed by atoms with Crippen molar-refractivity contribution in [3.05, 3.63) is 12.2 Å². The van der Waals surface area contributed by atoms with Gasteiger partial charge in [-0.1, -0.05) is 6.58 Å². The second kappa shape index (κ2) is 6.83. The van der Waals surface area contributed by atoms with Gasteiger partial charge >= 0.3 is 20.5 Å². The third-order valence-electron chi connectivity index (χ3n) is 0.635. The Balaban J connectivity index is 0. The lowest BCUT2D eigenvalue weighted by atomic mass is 10.4. The predicted molar refractivity (Wildman–Crippen MR) is 47.3 cm³/mol. The normalized spacial score (nSPS) is 10.3. The molecule has 0 saturated carbocycles. The molecule has 0 unspecified atom stereocenters. The summed E-state index contributed by atoms with van der Waals surface area (Å²) in [6.07, 6.45) is 0. The first-order valence-corrected chi connectivity index (χ1v) is 4.46. The molecule has 0 aromatic rings. The SMILES string of the molecule is C=C(C)C(=O)OC(C)(O)O.OP(O)O. The fourth-order valence-corrected chi connectivity index (χ4v) is 0.263. The minimum absolute atomic E-state index is 0.120. The van der Waals surface area contributed by atoms with Gasteiger partial charge in [-0.3, -0.25) is 0 Å². The monoisotopic (exact) mass is 228 g/mol. The van der Waals surface area contributed by atoms with Gasteiger partial charge in [0.2, 0.25) is 0 Å². The van der Waals surface area contributed by atoms with Crippen LogP contribution in [0.15, 0.2) is 12.2 Å². The topological polar surface area (TPSA) is 127 Å². The highest BCUT2D eigenvalue weighted by atomic mass is 31.2. The van der Waals surface area contributed by atoms with E-state index in [2.05, 4.69) is 11.3 Å². The van der Waals surface area contributed by atoms with Crippen molar-refractivity contribution in [2.24, 2.45) is 0 Å². The average Bonchev–Trinajstić information content (AvgIpc) is 1.81. The molecule has 84 valence electrons. The van der Waals surface area contributed by atoms with E-state index >= 15 is 0 Å². The number of hydrogen-bond acceptors (Lipinski definition) is 7. The van der Waals surface area contributed by atoms with E-state index in [0.29, 0.717) is 0 Å². The number of ether oxygens (including phenoxy) is 1. The van der Waals surface area contributed by atoms with E-state index in [1.165, 1.54) is 6.92 Å². The third-order valence-corrected chi connectivity index (χ3v) is 0.635. The van der Waals surface area contributed by atoms with Gasteiger partial charge in [0.1, 0.15) is 0 Å². The van der Waals surface area contributed by atoms with Gasteiger partial charge in [0.05, 0.1) is 0 Å². The van der Waals surface area contributed by atoms with Gasteiger partial charge in [-0.05, 0) is 6.92 Å². The quantitative estimate of drug-likeness (QED) is 0.177. The summed E-state index contributed by atoms with van der Waals surface area (Å²) in [4.78, 5) is 32.2. The smallest absolute Gasteiger partial charge is 0.337 e. The molecule has 8 heteroatoms. The van der Waals surface area contributed by atoms with E-state index in [9.17, 15) is 4.79 Å². The summed E-state index contributed by atoms with van der Waals surface area (Å²) in [7, 11) is -2.62. The molecule has 0 fully saturated rings. The molecule has 0 aromatic carbocycles. The molecule has 5 N–H and O–H groups in total. The summed E-state index contributed by atoms with van der Waals surface area (Å²) < 4.78 is 4.07. The third kappa shape index (κ3) is 17.5. The van der Waals surface area contributed by atoms with E-state index in [1.54, 1.807) is 0 Å². The fraction of sp³-hybridized carbons (Fsp3) is 0.500. The Morgan fingerprint density at radius 1 is 1.36 bits per heavy atom. The van der Waals surface area contributed by atoms with Crippen LogP contribution >= 0.6 is 8.60 Å². The first-order chi connectivity index (χ1) is 6.06. The standard InChI is InChI=1S/C6H10O4.H3O3P/c1-4(2)5(7)10-6(3,8)9;1-4(2)3/h8-9H,1H2,2-3H3;1-3H. The van der Waals surface area contributed by atoms with E-state index < -0.39 is 20.5 Å². The number of carbonyl (C=O) groups is 1. The van der Waals surface area contributed by atoms with Gasteiger partial charge in [0.15, 0.2) is 0 Å². The van der Waals surface area contributed by atoms with Crippen molar-refractivity contribution in [1.82, 2.24) is 0 Å². The highest BCUT2D eigenvalue weighted by molar-refractivity contribution is 7.38. The van der Waals surface area contributed by atoms with Crippen LogP contribution in [0.4, 0.5) is 0 Å². The van der Waals surface area contributed by atoms with Crippen molar-refractivity contribution >= 4 is 14.6 Å². The van der Waals surface area contributed by atoms with Crippen LogP contribution in [-0.2, 0) is 9.53 Å². The molecule has 0 aliphatic heterocycles. The number of carbonyl (C=O) groups excluding carboxylic acids is 1. The minimum atomic E-state index is -2.62. The summed E-state index contributed by atoms with van der Waals surface area (Å²) in [5.74, 6) is -3.23. The first-order valence-electron chi connectivity index (χ1n) is 3.26. The van der Waals surface area contributed by atoms with Gasteiger partial charge in [-0.25, -0.2) is 4.79 Å². The maximum atomic E-state index is 10.5. The summed E-state index contributed by atoms with van der Waals surface area (Å²) >= 11 is 0. The Labute approximate surface area is 81.9 Å². The number of aliphatic hydroxyl groups is 2. The molecule has 0 radical (unpaired) electrons. The molecule has 14 heavy (non-hydrogen) atoms. The van der Waals surface area contributed by atoms with Gasteiger partial charge in [0.25, 0.3) is 0 Å². The number of hydrogen-bond donors (Lipinski definition) is 5. The molecule has 0 bridgehead atoms. The van der Waals surface area contributed by atoms with Crippen LogP contribution in [0.3, 0.4) is 0 Å². The second-order valence-corrected chi connectivity index (χ2v) is 2.91. The fourth-order valence-electron chi connectivity index (χ4n) is 0.263. The minimum Gasteiger partial charge on any atom is -0.405 e. The van der Waals surface area contributed by atoms with E-state index in [4.69, 9.17) is 24.9 Å². The largest absolute Gasteiger partial charge is 0.405 e. The van der Waals surface area contributed by atoms with Crippen molar-refractivity contribution in [3.63, 3.8) is 0 Å². The van der Waals surface area contributed by atoms with Crippen LogP contribution in [0.1, 0.15) is 13.8 Å². The molecule has 7 nitrogen and oxygen atoms in total. The second-order valence-electron chi connectivity index (χ2n) is 2.37. The lowest BCUT2D eigenvalue weighted by Crippen LogP contribution is -2.30. The zero-order valence-electron chi connectivity index (χ0n) is 7.71. The Bertz CT molecular complexity index is 192. The summed E-state index contributed by atoms with van der Waals surface area (Å²) in [5, 5.41) is 17.0. The zero-order chi connectivity index (χ0) is 11.9. The van der Waals surface area contributed by atoms with E-state index in [-0.39, 0.29) is 5.57 Å².